The zero-order valence-electron chi connectivity index (χ0n) is 12.3. The first-order valence-corrected chi connectivity index (χ1v) is 8.22. The molecule has 2 fully saturated rings. The number of Topliss-reactive ketones (excluding diaryl/α,β-unsaturated/α-hetero) is 1. The standard InChI is InChI=1S/C17H30O/c1-13(2)14-9-11-16(12-10-14)17(18)15-7-5-3-4-6-8-15/h13-16H,3-12H2,1-2H3. The summed E-state index contributed by atoms with van der Waals surface area (Å²) in [7, 11) is 0. The van der Waals surface area contributed by atoms with E-state index >= 15 is 0 Å². The van der Waals surface area contributed by atoms with Crippen LogP contribution in [0.15, 0.2) is 0 Å². The molecule has 2 rings (SSSR count). The molecule has 2 aliphatic rings. The van der Waals surface area contributed by atoms with E-state index in [0.29, 0.717) is 17.6 Å². The summed E-state index contributed by atoms with van der Waals surface area (Å²) in [6, 6.07) is 0. The molecule has 0 N–H and O–H groups in total. The summed E-state index contributed by atoms with van der Waals surface area (Å²) in [5.74, 6) is 3.16. The first-order valence-electron chi connectivity index (χ1n) is 8.22. The van der Waals surface area contributed by atoms with Crippen molar-refractivity contribution in [2.75, 3.05) is 0 Å². The Labute approximate surface area is 113 Å². The lowest BCUT2D eigenvalue weighted by molar-refractivity contribution is -0.128. The number of hydrogen-bond acceptors (Lipinski definition) is 1. The van der Waals surface area contributed by atoms with Crippen LogP contribution in [0.1, 0.15) is 78.1 Å². The molecule has 0 amide bonds. The molecule has 1 nitrogen and oxygen atoms in total. The van der Waals surface area contributed by atoms with Crippen molar-refractivity contribution in [3.63, 3.8) is 0 Å². The fourth-order valence-electron chi connectivity index (χ4n) is 3.97. The second-order valence-corrected chi connectivity index (χ2v) is 6.95. The largest absolute Gasteiger partial charge is 0.299 e. The van der Waals surface area contributed by atoms with Crippen molar-refractivity contribution in [3.8, 4) is 0 Å². The first-order chi connectivity index (χ1) is 8.68. The summed E-state index contributed by atoms with van der Waals surface area (Å²) in [4.78, 5) is 12.6. The molecule has 0 aromatic heterocycles. The molecule has 2 saturated carbocycles. The molecule has 18 heavy (non-hydrogen) atoms. The van der Waals surface area contributed by atoms with Crippen molar-refractivity contribution in [2.45, 2.75) is 78.1 Å². The van der Waals surface area contributed by atoms with Crippen LogP contribution in [0.2, 0.25) is 0 Å². The Hall–Kier alpha value is -0.330. The predicted molar refractivity (Wildman–Crippen MR) is 76.5 cm³/mol. The van der Waals surface area contributed by atoms with Gasteiger partial charge in [-0.25, -0.2) is 0 Å². The molecule has 0 unspecified atom stereocenters. The third-order valence-electron chi connectivity index (χ3n) is 5.37. The van der Waals surface area contributed by atoms with E-state index in [2.05, 4.69) is 13.8 Å². The normalized spacial score (nSPS) is 31.3. The average molecular weight is 250 g/mol. The Morgan fingerprint density at radius 1 is 0.778 bits per heavy atom. The van der Waals surface area contributed by atoms with Gasteiger partial charge in [-0.05, 0) is 50.4 Å². The molecule has 0 aromatic carbocycles. The van der Waals surface area contributed by atoms with E-state index < -0.39 is 0 Å². The Morgan fingerprint density at radius 2 is 1.28 bits per heavy atom. The predicted octanol–water partition coefficient (Wildman–Crippen LogP) is 4.99. The highest BCUT2D eigenvalue weighted by molar-refractivity contribution is 5.83. The van der Waals surface area contributed by atoms with E-state index in [1.165, 1.54) is 64.2 Å². The number of hydrogen-bond donors (Lipinski definition) is 0. The Balaban J connectivity index is 1.82. The van der Waals surface area contributed by atoms with Crippen molar-refractivity contribution >= 4 is 5.78 Å². The minimum absolute atomic E-state index is 0.420. The molecule has 1 heteroatoms. The fraction of sp³-hybridized carbons (Fsp3) is 0.941. The molecule has 0 bridgehead atoms. The van der Waals surface area contributed by atoms with Crippen LogP contribution >= 0.6 is 0 Å². The topological polar surface area (TPSA) is 17.1 Å². The second-order valence-electron chi connectivity index (χ2n) is 6.95. The Morgan fingerprint density at radius 3 is 1.78 bits per heavy atom. The Kier molecular flexibility index (Phi) is 5.26. The molecular weight excluding hydrogens is 220 g/mol. The molecule has 0 radical (unpaired) electrons. The van der Waals surface area contributed by atoms with Gasteiger partial charge in [0.2, 0.25) is 0 Å². The minimum atomic E-state index is 0.420. The van der Waals surface area contributed by atoms with Crippen molar-refractivity contribution in [1.29, 1.82) is 0 Å². The summed E-state index contributed by atoms with van der Waals surface area (Å²) < 4.78 is 0. The van der Waals surface area contributed by atoms with Crippen LogP contribution in [0.25, 0.3) is 0 Å². The highest BCUT2D eigenvalue weighted by Crippen LogP contribution is 2.36. The average Bonchev–Trinajstić information content (AvgIpc) is 2.67. The van der Waals surface area contributed by atoms with E-state index in [-0.39, 0.29) is 0 Å². The van der Waals surface area contributed by atoms with Crippen LogP contribution in [0.5, 0.6) is 0 Å². The van der Waals surface area contributed by atoms with Crippen LogP contribution in [0.4, 0.5) is 0 Å². The van der Waals surface area contributed by atoms with Crippen LogP contribution in [0.3, 0.4) is 0 Å². The zero-order chi connectivity index (χ0) is 13.0. The van der Waals surface area contributed by atoms with E-state index in [9.17, 15) is 4.79 Å². The van der Waals surface area contributed by atoms with Crippen LogP contribution < -0.4 is 0 Å². The lowest BCUT2D eigenvalue weighted by atomic mass is 9.73. The molecule has 2 aliphatic carbocycles. The maximum absolute atomic E-state index is 12.6. The van der Waals surface area contributed by atoms with Gasteiger partial charge in [0.1, 0.15) is 5.78 Å². The molecule has 0 aromatic rings. The quantitative estimate of drug-likeness (QED) is 0.645. The molecule has 0 heterocycles. The van der Waals surface area contributed by atoms with Gasteiger partial charge in [-0.3, -0.25) is 4.79 Å². The van der Waals surface area contributed by atoms with Crippen molar-refractivity contribution in [3.05, 3.63) is 0 Å². The maximum Gasteiger partial charge on any atom is 0.139 e. The van der Waals surface area contributed by atoms with Crippen LogP contribution in [-0.4, -0.2) is 5.78 Å². The molecule has 104 valence electrons. The van der Waals surface area contributed by atoms with E-state index in [0.717, 1.165) is 11.8 Å². The molecule has 0 saturated heterocycles. The number of ketones is 1. The van der Waals surface area contributed by atoms with E-state index in [1.807, 2.05) is 0 Å². The smallest absolute Gasteiger partial charge is 0.139 e. The summed E-state index contributed by atoms with van der Waals surface area (Å²) >= 11 is 0. The van der Waals surface area contributed by atoms with Gasteiger partial charge in [0.25, 0.3) is 0 Å². The highest BCUT2D eigenvalue weighted by Gasteiger charge is 2.31. The third-order valence-corrected chi connectivity index (χ3v) is 5.37. The third kappa shape index (κ3) is 3.59. The van der Waals surface area contributed by atoms with Gasteiger partial charge in [-0.1, -0.05) is 39.5 Å². The summed E-state index contributed by atoms with van der Waals surface area (Å²) in [5.41, 5.74) is 0. The number of carbonyl (C=O) groups is 1. The number of carbonyl (C=O) groups excluding carboxylic acids is 1. The van der Waals surface area contributed by atoms with Crippen LogP contribution in [-0.2, 0) is 4.79 Å². The fourth-order valence-corrected chi connectivity index (χ4v) is 3.97. The zero-order valence-corrected chi connectivity index (χ0v) is 12.3. The van der Waals surface area contributed by atoms with Gasteiger partial charge in [-0.15, -0.1) is 0 Å². The van der Waals surface area contributed by atoms with Gasteiger partial charge in [0.05, 0.1) is 0 Å². The van der Waals surface area contributed by atoms with Crippen molar-refractivity contribution in [2.24, 2.45) is 23.7 Å². The van der Waals surface area contributed by atoms with Crippen molar-refractivity contribution < 1.29 is 4.79 Å². The van der Waals surface area contributed by atoms with E-state index in [4.69, 9.17) is 0 Å². The maximum atomic E-state index is 12.6. The summed E-state index contributed by atoms with van der Waals surface area (Å²) in [6.07, 6.45) is 12.6. The lowest BCUT2D eigenvalue weighted by Gasteiger charge is -2.31. The second kappa shape index (κ2) is 6.73. The lowest BCUT2D eigenvalue weighted by Crippen LogP contribution is -2.28. The van der Waals surface area contributed by atoms with Crippen molar-refractivity contribution in [1.82, 2.24) is 0 Å². The van der Waals surface area contributed by atoms with E-state index in [1.54, 1.807) is 0 Å². The van der Waals surface area contributed by atoms with Gasteiger partial charge in [-0.2, -0.15) is 0 Å². The van der Waals surface area contributed by atoms with Crippen LogP contribution in [0, 0.1) is 23.7 Å². The minimum Gasteiger partial charge on any atom is -0.299 e. The molecule has 0 spiro atoms. The van der Waals surface area contributed by atoms with Gasteiger partial charge in [0, 0.05) is 11.8 Å². The SMILES string of the molecule is CC(C)C1CCC(C(=O)C2CCCCCC2)CC1. The number of rotatable bonds is 3. The molecule has 0 aliphatic heterocycles. The van der Waals surface area contributed by atoms with Gasteiger partial charge < -0.3 is 0 Å². The molecular formula is C17H30O. The van der Waals surface area contributed by atoms with Gasteiger partial charge in [0.15, 0.2) is 0 Å². The summed E-state index contributed by atoms with van der Waals surface area (Å²) in [5, 5.41) is 0. The monoisotopic (exact) mass is 250 g/mol. The first kappa shape index (κ1) is 14.1. The molecule has 0 atom stereocenters. The summed E-state index contributed by atoms with van der Waals surface area (Å²) in [6.45, 7) is 4.66. The van der Waals surface area contributed by atoms with Gasteiger partial charge >= 0.3 is 0 Å². The Bertz CT molecular complexity index is 253. The highest BCUT2D eigenvalue weighted by atomic mass is 16.1.